The van der Waals surface area contributed by atoms with E-state index in [1.807, 2.05) is 0 Å². The second-order valence-corrected chi connectivity index (χ2v) is 3.92. The van der Waals surface area contributed by atoms with Gasteiger partial charge in [0.1, 0.15) is 0 Å². The van der Waals surface area contributed by atoms with Crippen molar-refractivity contribution in [3.63, 3.8) is 0 Å². The molecule has 0 aliphatic carbocycles. The van der Waals surface area contributed by atoms with Crippen LogP contribution in [0, 0.1) is 0 Å². The molecule has 0 aromatic rings. The van der Waals surface area contributed by atoms with E-state index in [2.05, 4.69) is 4.90 Å². The van der Waals surface area contributed by atoms with Crippen LogP contribution >= 0.6 is 0 Å². The summed E-state index contributed by atoms with van der Waals surface area (Å²) in [4.78, 5) is 12.5. The zero-order valence-corrected chi connectivity index (χ0v) is 9.06. The van der Waals surface area contributed by atoms with Crippen LogP contribution < -0.4 is 0 Å². The summed E-state index contributed by atoms with van der Waals surface area (Å²) in [6.07, 6.45) is 1.82. The number of aliphatic hydroxyl groups excluding tert-OH is 1. The number of hydrogen-bond donors (Lipinski definition) is 2. The van der Waals surface area contributed by atoms with Crippen molar-refractivity contribution in [2.24, 2.45) is 0 Å². The van der Waals surface area contributed by atoms with Gasteiger partial charge in [-0.2, -0.15) is 0 Å². The molecule has 0 saturated carbocycles. The number of carbonyl (C=O) groups is 1. The van der Waals surface area contributed by atoms with Crippen LogP contribution in [0.5, 0.6) is 0 Å². The van der Waals surface area contributed by atoms with E-state index in [0.29, 0.717) is 6.42 Å². The average Bonchev–Trinajstić information content (AvgIpc) is 2.60. The van der Waals surface area contributed by atoms with Gasteiger partial charge < -0.3 is 14.9 Å². The molecule has 88 valence electrons. The Kier molecular flexibility index (Phi) is 5.01. The molecule has 0 aromatic carbocycles. The molecule has 1 rings (SSSR count). The fraction of sp³-hybridized carbons (Fsp3) is 0.900. The Hall–Kier alpha value is -0.650. The number of aliphatic hydroxyl groups is 1. The molecule has 1 aliphatic heterocycles. The molecule has 5 nitrogen and oxygen atoms in total. The second kappa shape index (κ2) is 6.05. The van der Waals surface area contributed by atoms with Crippen LogP contribution in [0.4, 0.5) is 0 Å². The Morgan fingerprint density at radius 3 is 2.87 bits per heavy atom. The highest BCUT2D eigenvalue weighted by Gasteiger charge is 2.30. The Morgan fingerprint density at radius 1 is 1.60 bits per heavy atom. The smallest absolute Gasteiger partial charge is 0.303 e. The van der Waals surface area contributed by atoms with Gasteiger partial charge in [-0.05, 0) is 19.4 Å². The molecule has 1 fully saturated rings. The fourth-order valence-electron chi connectivity index (χ4n) is 2.01. The van der Waals surface area contributed by atoms with Crippen LogP contribution in [-0.4, -0.2) is 60.0 Å². The van der Waals surface area contributed by atoms with Crippen molar-refractivity contribution in [3.05, 3.63) is 0 Å². The van der Waals surface area contributed by atoms with Crippen molar-refractivity contribution in [1.82, 2.24) is 4.90 Å². The van der Waals surface area contributed by atoms with Crippen molar-refractivity contribution < 1.29 is 19.7 Å². The highest BCUT2D eigenvalue weighted by molar-refractivity contribution is 5.66. The number of carboxylic acids is 1. The number of methoxy groups -OCH3 is 1. The molecule has 1 heterocycles. The maximum Gasteiger partial charge on any atom is 0.303 e. The van der Waals surface area contributed by atoms with Gasteiger partial charge in [0.25, 0.3) is 0 Å². The summed E-state index contributed by atoms with van der Waals surface area (Å²) in [6, 6.07) is 0.128. The van der Waals surface area contributed by atoms with Crippen LogP contribution in [0.15, 0.2) is 0 Å². The number of nitrogens with zero attached hydrogens (tertiary/aromatic N) is 1. The number of hydrogen-bond acceptors (Lipinski definition) is 4. The van der Waals surface area contributed by atoms with Crippen molar-refractivity contribution in [3.8, 4) is 0 Å². The lowest BCUT2D eigenvalue weighted by Gasteiger charge is -2.21. The predicted molar refractivity (Wildman–Crippen MR) is 54.7 cm³/mol. The number of ether oxygens (including phenoxy) is 1. The lowest BCUT2D eigenvalue weighted by molar-refractivity contribution is -0.137. The molecular formula is C10H19NO4. The first-order chi connectivity index (χ1) is 7.17. The van der Waals surface area contributed by atoms with Gasteiger partial charge in [-0.15, -0.1) is 0 Å². The van der Waals surface area contributed by atoms with Gasteiger partial charge in [-0.3, -0.25) is 9.69 Å². The monoisotopic (exact) mass is 217 g/mol. The molecule has 1 aliphatic rings. The number of likely N-dealkylation sites (tertiary alicyclic amines) is 1. The summed E-state index contributed by atoms with van der Waals surface area (Å²) in [5.74, 6) is -0.766. The van der Waals surface area contributed by atoms with E-state index in [0.717, 1.165) is 19.5 Å². The van der Waals surface area contributed by atoms with Gasteiger partial charge in [0.05, 0.1) is 12.7 Å². The number of aliphatic carboxylic acids is 1. The minimum Gasteiger partial charge on any atom is -0.481 e. The molecule has 0 radical (unpaired) electrons. The normalized spacial score (nSPS) is 27.1. The molecule has 15 heavy (non-hydrogen) atoms. The van der Waals surface area contributed by atoms with Gasteiger partial charge in [-0.1, -0.05) is 0 Å². The molecule has 2 N–H and O–H groups in total. The van der Waals surface area contributed by atoms with Crippen LogP contribution in [0.25, 0.3) is 0 Å². The summed E-state index contributed by atoms with van der Waals surface area (Å²) in [5.41, 5.74) is 0. The molecule has 1 saturated heterocycles. The van der Waals surface area contributed by atoms with Crippen molar-refractivity contribution >= 4 is 5.97 Å². The minimum atomic E-state index is -0.766. The van der Waals surface area contributed by atoms with Crippen molar-refractivity contribution in [1.29, 1.82) is 0 Å². The third-order valence-corrected chi connectivity index (χ3v) is 2.87. The number of carboxylic acid groups (broad SMARTS) is 1. The summed E-state index contributed by atoms with van der Waals surface area (Å²) in [5, 5.41) is 17.7. The summed E-state index contributed by atoms with van der Waals surface area (Å²) in [7, 11) is 1.67. The zero-order valence-electron chi connectivity index (χ0n) is 9.06. The largest absolute Gasteiger partial charge is 0.481 e. The van der Waals surface area contributed by atoms with E-state index in [1.54, 1.807) is 7.11 Å². The first-order valence-electron chi connectivity index (χ1n) is 5.27. The summed E-state index contributed by atoms with van der Waals surface area (Å²) in [6.45, 7) is 1.63. The Morgan fingerprint density at radius 2 is 2.33 bits per heavy atom. The summed E-state index contributed by atoms with van der Waals surface area (Å²) < 4.78 is 5.23. The van der Waals surface area contributed by atoms with E-state index in [-0.39, 0.29) is 25.2 Å². The third-order valence-electron chi connectivity index (χ3n) is 2.87. The molecule has 0 bridgehead atoms. The van der Waals surface area contributed by atoms with Gasteiger partial charge in [0.15, 0.2) is 0 Å². The van der Waals surface area contributed by atoms with Crippen LogP contribution in [-0.2, 0) is 9.53 Å². The lowest BCUT2D eigenvalue weighted by Crippen LogP contribution is -2.33. The fourth-order valence-corrected chi connectivity index (χ4v) is 2.01. The Bertz CT molecular complexity index is 210. The van der Waals surface area contributed by atoms with Crippen LogP contribution in [0.2, 0.25) is 0 Å². The molecule has 5 heteroatoms. The molecule has 0 amide bonds. The Labute approximate surface area is 89.6 Å². The van der Waals surface area contributed by atoms with E-state index in [9.17, 15) is 4.79 Å². The molecule has 2 atom stereocenters. The molecular weight excluding hydrogens is 198 g/mol. The van der Waals surface area contributed by atoms with Gasteiger partial charge >= 0.3 is 5.97 Å². The first-order valence-corrected chi connectivity index (χ1v) is 5.27. The maximum atomic E-state index is 10.4. The van der Waals surface area contributed by atoms with Gasteiger partial charge in [0, 0.05) is 26.1 Å². The molecule has 2 unspecified atom stereocenters. The quantitative estimate of drug-likeness (QED) is 0.652. The topological polar surface area (TPSA) is 70.0 Å². The standard InChI is InChI=1S/C10H19NO4/c1-15-9-5-8(7-12)11(6-9)4-2-3-10(13)14/h8-9,12H,2-7H2,1H3,(H,13,14). The second-order valence-electron chi connectivity index (χ2n) is 3.92. The van der Waals surface area contributed by atoms with E-state index >= 15 is 0 Å². The highest BCUT2D eigenvalue weighted by Crippen LogP contribution is 2.19. The summed E-state index contributed by atoms with van der Waals surface area (Å²) >= 11 is 0. The van der Waals surface area contributed by atoms with E-state index in [1.165, 1.54) is 0 Å². The minimum absolute atomic E-state index is 0.118. The van der Waals surface area contributed by atoms with Gasteiger partial charge in [0.2, 0.25) is 0 Å². The molecule has 0 spiro atoms. The van der Waals surface area contributed by atoms with Crippen LogP contribution in [0.3, 0.4) is 0 Å². The number of rotatable bonds is 6. The van der Waals surface area contributed by atoms with E-state index in [4.69, 9.17) is 14.9 Å². The maximum absolute atomic E-state index is 10.4. The van der Waals surface area contributed by atoms with Crippen molar-refractivity contribution in [2.45, 2.75) is 31.4 Å². The van der Waals surface area contributed by atoms with Crippen molar-refractivity contribution in [2.75, 3.05) is 26.8 Å². The molecule has 0 aromatic heterocycles. The van der Waals surface area contributed by atoms with Crippen LogP contribution in [0.1, 0.15) is 19.3 Å². The van der Waals surface area contributed by atoms with E-state index < -0.39 is 5.97 Å². The SMILES string of the molecule is COC1CC(CO)N(CCCC(=O)O)C1. The zero-order chi connectivity index (χ0) is 11.3. The third kappa shape index (κ3) is 3.77. The lowest BCUT2D eigenvalue weighted by atomic mass is 10.2. The van der Waals surface area contributed by atoms with Gasteiger partial charge in [-0.25, -0.2) is 0 Å². The predicted octanol–water partition coefficient (Wildman–Crippen LogP) is -0.0672. The average molecular weight is 217 g/mol. The highest BCUT2D eigenvalue weighted by atomic mass is 16.5. The first kappa shape index (κ1) is 12.4. The Balaban J connectivity index is 2.29.